The van der Waals surface area contributed by atoms with Gasteiger partial charge in [0.1, 0.15) is 0 Å². The summed E-state index contributed by atoms with van der Waals surface area (Å²) in [5.41, 5.74) is -1.71. The zero-order valence-electron chi connectivity index (χ0n) is 8.50. The van der Waals surface area contributed by atoms with Crippen LogP contribution in [0, 0.1) is 5.82 Å². The summed E-state index contributed by atoms with van der Waals surface area (Å²) in [5.74, 6) is -1.19. The van der Waals surface area contributed by atoms with E-state index in [0.29, 0.717) is 19.2 Å². The number of amides is 3. The molecule has 4 N–H and O–H groups in total. The van der Waals surface area contributed by atoms with Crippen molar-refractivity contribution in [2.45, 2.75) is 6.42 Å². The molecule has 0 aliphatic carbocycles. The van der Waals surface area contributed by atoms with Crippen molar-refractivity contribution in [2.75, 3.05) is 6.54 Å². The molecule has 0 bridgehead atoms. The number of hydrogen-bond acceptors (Lipinski definition) is 4. The average molecular weight is 244 g/mol. The number of imide groups is 1. The van der Waals surface area contributed by atoms with E-state index in [1.165, 1.54) is 0 Å². The average Bonchev–Trinajstić information content (AvgIpc) is 2.24. The molecule has 1 aromatic heterocycles. The Kier molecular flexibility index (Phi) is 4.14. The van der Waals surface area contributed by atoms with Crippen LogP contribution in [0.3, 0.4) is 0 Å². The highest BCUT2D eigenvalue weighted by Gasteiger charge is 2.11. The van der Waals surface area contributed by atoms with Crippen molar-refractivity contribution in [1.82, 2.24) is 20.6 Å². The molecule has 3 amide bonds. The van der Waals surface area contributed by atoms with Crippen molar-refractivity contribution in [2.24, 2.45) is 0 Å². The van der Waals surface area contributed by atoms with Crippen LogP contribution in [0.4, 0.5) is 9.18 Å². The highest BCUT2D eigenvalue weighted by Crippen LogP contribution is 1.82. The van der Waals surface area contributed by atoms with E-state index in [2.05, 4.69) is 10.6 Å². The van der Waals surface area contributed by atoms with E-state index in [0.717, 1.165) is 0 Å². The minimum atomic E-state index is -1.00. The Morgan fingerprint density at radius 2 is 1.88 bits per heavy atom. The van der Waals surface area contributed by atoms with E-state index in [-0.39, 0.29) is 11.9 Å². The largest absolute Gasteiger partial charge is 0.337 e. The van der Waals surface area contributed by atoms with E-state index >= 15 is 0 Å². The van der Waals surface area contributed by atoms with Gasteiger partial charge < -0.3 is 10.3 Å². The Morgan fingerprint density at radius 3 is 2.29 bits per heavy atom. The van der Waals surface area contributed by atoms with Crippen LogP contribution in [-0.4, -0.2) is 28.5 Å². The van der Waals surface area contributed by atoms with E-state index in [9.17, 15) is 23.6 Å². The monoisotopic (exact) mass is 244 g/mol. The van der Waals surface area contributed by atoms with Crippen molar-refractivity contribution in [3.05, 3.63) is 32.9 Å². The number of halogens is 1. The molecule has 1 aliphatic heterocycles. The summed E-state index contributed by atoms with van der Waals surface area (Å²) < 4.78 is 12.0. The molecule has 2 heterocycles. The van der Waals surface area contributed by atoms with Gasteiger partial charge in [-0.2, -0.15) is 4.39 Å². The lowest BCUT2D eigenvalue weighted by Gasteiger charge is -2.10. The van der Waals surface area contributed by atoms with Gasteiger partial charge in [-0.15, -0.1) is 0 Å². The molecular formula is C8H9FN4O4. The number of rotatable bonds is 0. The van der Waals surface area contributed by atoms with Crippen molar-refractivity contribution >= 4 is 11.9 Å². The van der Waals surface area contributed by atoms with Crippen molar-refractivity contribution < 1.29 is 14.0 Å². The molecule has 2 rings (SSSR count). The third-order valence-electron chi connectivity index (χ3n) is 1.66. The second-order valence-electron chi connectivity index (χ2n) is 2.97. The number of aromatic amines is 2. The van der Waals surface area contributed by atoms with E-state index in [1.807, 2.05) is 4.98 Å². The summed E-state index contributed by atoms with van der Waals surface area (Å²) in [6.45, 7) is 0.463. The number of urea groups is 1. The molecule has 0 saturated carbocycles. The molecule has 1 fully saturated rings. The van der Waals surface area contributed by atoms with Gasteiger partial charge in [0.05, 0.1) is 0 Å². The molecule has 17 heavy (non-hydrogen) atoms. The molecule has 0 radical (unpaired) electrons. The van der Waals surface area contributed by atoms with Gasteiger partial charge in [-0.25, -0.2) is 9.59 Å². The first kappa shape index (κ1) is 12.6. The molecule has 0 atom stereocenters. The molecule has 8 nitrogen and oxygen atoms in total. The first-order valence-electron chi connectivity index (χ1n) is 4.54. The summed E-state index contributed by atoms with van der Waals surface area (Å²) >= 11 is 0. The van der Waals surface area contributed by atoms with Gasteiger partial charge in [-0.3, -0.25) is 19.9 Å². The smallest absolute Gasteiger partial charge is 0.325 e. The topological polar surface area (TPSA) is 124 Å². The maximum atomic E-state index is 12.0. The molecule has 1 aliphatic rings. The predicted octanol–water partition coefficient (Wildman–Crippen LogP) is -1.58. The summed E-state index contributed by atoms with van der Waals surface area (Å²) in [4.78, 5) is 44.5. The predicted molar refractivity (Wildman–Crippen MR) is 53.8 cm³/mol. The molecule has 1 saturated heterocycles. The van der Waals surface area contributed by atoms with Crippen LogP contribution in [-0.2, 0) is 4.79 Å². The van der Waals surface area contributed by atoms with Gasteiger partial charge in [-0.1, -0.05) is 0 Å². The Bertz CT molecular complexity index is 521. The Hall–Kier alpha value is -2.45. The number of aromatic nitrogens is 2. The fourth-order valence-corrected chi connectivity index (χ4v) is 0.916. The standard InChI is InChI=1S/C4H3FN2O2.C4H6N2O2/c5-2-1-6-4(9)7-3(2)8;7-3-1-2-5-4(8)6-3/h1H,(H2,6,7,8,9);1-2H2,(H2,5,6,7,8). The van der Waals surface area contributed by atoms with Crippen LogP contribution in [0.2, 0.25) is 0 Å². The van der Waals surface area contributed by atoms with Gasteiger partial charge in [-0.05, 0) is 0 Å². The first-order valence-corrected chi connectivity index (χ1v) is 4.54. The lowest BCUT2D eigenvalue weighted by Crippen LogP contribution is -2.46. The number of carbonyl (C=O) groups excluding carboxylic acids is 2. The third kappa shape index (κ3) is 4.28. The zero-order valence-corrected chi connectivity index (χ0v) is 8.50. The Labute approximate surface area is 93.2 Å². The number of hydrogen-bond donors (Lipinski definition) is 4. The van der Waals surface area contributed by atoms with Crippen LogP contribution >= 0.6 is 0 Å². The first-order chi connectivity index (χ1) is 7.99. The van der Waals surface area contributed by atoms with Crippen LogP contribution in [0.5, 0.6) is 0 Å². The molecule has 0 spiro atoms. The van der Waals surface area contributed by atoms with Gasteiger partial charge in [0.25, 0.3) is 5.56 Å². The molecule has 0 aromatic carbocycles. The quantitative estimate of drug-likeness (QED) is 0.439. The van der Waals surface area contributed by atoms with E-state index < -0.39 is 17.1 Å². The molecule has 92 valence electrons. The second kappa shape index (κ2) is 5.58. The van der Waals surface area contributed by atoms with E-state index in [4.69, 9.17) is 0 Å². The van der Waals surface area contributed by atoms with E-state index in [1.54, 1.807) is 4.98 Å². The molecule has 9 heteroatoms. The molecule has 0 unspecified atom stereocenters. The fourth-order valence-electron chi connectivity index (χ4n) is 0.916. The molecular weight excluding hydrogens is 235 g/mol. The highest BCUT2D eigenvalue weighted by atomic mass is 19.1. The van der Waals surface area contributed by atoms with Crippen molar-refractivity contribution in [3.8, 4) is 0 Å². The van der Waals surface area contributed by atoms with Gasteiger partial charge in [0.15, 0.2) is 0 Å². The highest BCUT2D eigenvalue weighted by molar-refractivity contribution is 5.96. The lowest BCUT2D eigenvalue weighted by atomic mass is 10.3. The van der Waals surface area contributed by atoms with Crippen LogP contribution in [0.1, 0.15) is 6.42 Å². The second-order valence-corrected chi connectivity index (χ2v) is 2.97. The Morgan fingerprint density at radius 1 is 1.18 bits per heavy atom. The zero-order chi connectivity index (χ0) is 12.8. The van der Waals surface area contributed by atoms with Crippen LogP contribution in [0.15, 0.2) is 15.8 Å². The SMILES string of the molecule is O=C1CCNC(=O)N1.O=c1[nH]cc(F)c(=O)[nH]1. The van der Waals surface area contributed by atoms with Gasteiger partial charge in [0, 0.05) is 19.2 Å². The normalized spacial score (nSPS) is 14.2. The maximum Gasteiger partial charge on any atom is 0.325 e. The number of H-pyrrole nitrogens is 2. The van der Waals surface area contributed by atoms with Crippen LogP contribution in [0.25, 0.3) is 0 Å². The number of nitrogens with one attached hydrogen (secondary N) is 4. The minimum absolute atomic E-state index is 0.200. The summed E-state index contributed by atoms with van der Waals surface area (Å²) in [5, 5.41) is 4.53. The van der Waals surface area contributed by atoms with Gasteiger partial charge >= 0.3 is 11.7 Å². The Balaban J connectivity index is 0.000000171. The minimum Gasteiger partial charge on any atom is -0.337 e. The third-order valence-corrected chi connectivity index (χ3v) is 1.66. The fraction of sp³-hybridized carbons (Fsp3) is 0.250. The molecule has 1 aromatic rings. The van der Waals surface area contributed by atoms with Crippen molar-refractivity contribution in [3.63, 3.8) is 0 Å². The van der Waals surface area contributed by atoms with Gasteiger partial charge in [0.2, 0.25) is 11.7 Å². The van der Waals surface area contributed by atoms with Crippen molar-refractivity contribution in [1.29, 1.82) is 0 Å². The summed E-state index contributed by atoms with van der Waals surface area (Å²) in [7, 11) is 0. The number of carbonyl (C=O) groups is 2. The lowest BCUT2D eigenvalue weighted by molar-refractivity contribution is -0.120. The summed E-state index contributed by atoms with van der Waals surface area (Å²) in [6.07, 6.45) is 1.10. The van der Waals surface area contributed by atoms with Crippen LogP contribution < -0.4 is 21.9 Å². The summed E-state index contributed by atoms with van der Waals surface area (Å²) in [6, 6.07) is -0.388. The maximum absolute atomic E-state index is 12.0.